The van der Waals surface area contributed by atoms with Crippen LogP contribution in [-0.4, -0.2) is 22.2 Å². The van der Waals surface area contributed by atoms with E-state index in [1.165, 1.54) is 0 Å². The number of benzene rings is 3. The summed E-state index contributed by atoms with van der Waals surface area (Å²) in [4.78, 5) is 12.4. The molecule has 0 spiro atoms. The van der Waals surface area contributed by atoms with E-state index < -0.39 is 0 Å². The average molecular weight is 384 g/mol. The zero-order valence-electron chi connectivity index (χ0n) is 15.7. The quantitative estimate of drug-likeness (QED) is 0.484. The number of ether oxygens (including phenoxy) is 1. The number of carbonyl (C=O) groups is 1. The second-order valence-corrected chi connectivity index (χ2v) is 6.29. The molecule has 0 radical (unpaired) electrons. The van der Waals surface area contributed by atoms with Gasteiger partial charge in [0.05, 0.1) is 17.9 Å². The molecule has 3 aromatic carbocycles. The monoisotopic (exact) mass is 384 g/mol. The molecule has 4 aromatic rings. The highest BCUT2D eigenvalue weighted by atomic mass is 16.5. The molecule has 0 aliphatic heterocycles. The van der Waals surface area contributed by atoms with Gasteiger partial charge < -0.3 is 15.4 Å². The first-order chi connectivity index (χ1) is 14.3. The van der Waals surface area contributed by atoms with Crippen LogP contribution in [0.4, 0.5) is 11.5 Å². The molecule has 29 heavy (non-hydrogen) atoms. The molecule has 0 bridgehead atoms. The van der Waals surface area contributed by atoms with Gasteiger partial charge >= 0.3 is 0 Å². The van der Waals surface area contributed by atoms with E-state index in [4.69, 9.17) is 4.74 Å². The third kappa shape index (κ3) is 4.81. The van der Waals surface area contributed by atoms with Crippen molar-refractivity contribution in [3.8, 4) is 17.2 Å². The van der Waals surface area contributed by atoms with Crippen molar-refractivity contribution in [2.75, 3.05) is 17.2 Å². The summed E-state index contributed by atoms with van der Waals surface area (Å²) in [6.07, 6.45) is 1.85. The molecule has 144 valence electrons. The first kappa shape index (κ1) is 18.3. The van der Waals surface area contributed by atoms with E-state index in [0.717, 1.165) is 5.69 Å². The Balaban J connectivity index is 1.36. The fourth-order valence-corrected chi connectivity index (χ4v) is 2.78. The molecule has 0 aliphatic rings. The molecular weight excluding hydrogens is 364 g/mol. The van der Waals surface area contributed by atoms with Gasteiger partial charge in [0, 0.05) is 12.3 Å². The first-order valence-corrected chi connectivity index (χ1v) is 9.25. The molecule has 4 rings (SSSR count). The number of amides is 1. The lowest BCUT2D eigenvalue weighted by atomic mass is 10.3. The van der Waals surface area contributed by atoms with Gasteiger partial charge in [0.25, 0.3) is 0 Å². The zero-order valence-corrected chi connectivity index (χ0v) is 15.7. The van der Waals surface area contributed by atoms with Crippen LogP contribution in [-0.2, 0) is 4.79 Å². The summed E-state index contributed by atoms with van der Waals surface area (Å²) in [5, 5.41) is 10.4. The van der Waals surface area contributed by atoms with Gasteiger partial charge in [-0.2, -0.15) is 5.10 Å². The molecule has 2 N–H and O–H groups in total. The highest BCUT2D eigenvalue weighted by molar-refractivity contribution is 5.95. The normalized spacial score (nSPS) is 10.3. The van der Waals surface area contributed by atoms with Gasteiger partial charge in [0.1, 0.15) is 11.6 Å². The number of anilines is 2. The third-order valence-electron chi connectivity index (χ3n) is 4.17. The van der Waals surface area contributed by atoms with Gasteiger partial charge in [0.15, 0.2) is 5.75 Å². The maximum atomic E-state index is 12.4. The van der Waals surface area contributed by atoms with Crippen molar-refractivity contribution < 1.29 is 9.53 Å². The van der Waals surface area contributed by atoms with Crippen LogP contribution in [0.15, 0.2) is 97.2 Å². The number of carbonyl (C=O) groups excluding carboxylic acids is 1. The lowest BCUT2D eigenvalue weighted by molar-refractivity contribution is -0.114. The highest BCUT2D eigenvalue weighted by Gasteiger charge is 2.09. The molecule has 1 amide bonds. The van der Waals surface area contributed by atoms with Crippen LogP contribution in [0.2, 0.25) is 0 Å². The van der Waals surface area contributed by atoms with Gasteiger partial charge in [-0.3, -0.25) is 4.79 Å². The van der Waals surface area contributed by atoms with E-state index in [1.807, 2.05) is 91.1 Å². The minimum atomic E-state index is -0.191. The number of nitrogens with one attached hydrogen (secondary N) is 2. The SMILES string of the molecule is O=C(CNc1ccn(-c2ccccc2)n1)Nc1ccccc1Oc1ccccc1. The molecule has 6 heteroatoms. The van der Waals surface area contributed by atoms with E-state index in [2.05, 4.69) is 15.7 Å². The number of para-hydroxylation sites is 4. The van der Waals surface area contributed by atoms with E-state index >= 15 is 0 Å². The minimum Gasteiger partial charge on any atom is -0.455 e. The number of hydrogen-bond donors (Lipinski definition) is 2. The maximum Gasteiger partial charge on any atom is 0.243 e. The second-order valence-electron chi connectivity index (χ2n) is 6.29. The Morgan fingerprint density at radius 2 is 1.55 bits per heavy atom. The Hall–Kier alpha value is -4.06. The lowest BCUT2D eigenvalue weighted by Crippen LogP contribution is -2.22. The summed E-state index contributed by atoms with van der Waals surface area (Å²) < 4.78 is 7.63. The minimum absolute atomic E-state index is 0.0888. The predicted molar refractivity (Wildman–Crippen MR) is 114 cm³/mol. The van der Waals surface area contributed by atoms with Crippen molar-refractivity contribution in [2.24, 2.45) is 0 Å². The number of hydrogen-bond acceptors (Lipinski definition) is 4. The highest BCUT2D eigenvalue weighted by Crippen LogP contribution is 2.29. The van der Waals surface area contributed by atoms with Crippen molar-refractivity contribution in [1.82, 2.24) is 9.78 Å². The van der Waals surface area contributed by atoms with Crippen LogP contribution in [0.25, 0.3) is 5.69 Å². The second kappa shape index (κ2) is 8.75. The largest absolute Gasteiger partial charge is 0.455 e. The zero-order chi connectivity index (χ0) is 19.9. The summed E-state index contributed by atoms with van der Waals surface area (Å²) >= 11 is 0. The molecule has 0 saturated heterocycles. The fourth-order valence-electron chi connectivity index (χ4n) is 2.78. The van der Waals surface area contributed by atoms with Crippen molar-refractivity contribution in [3.05, 3.63) is 97.2 Å². The van der Waals surface area contributed by atoms with E-state index in [0.29, 0.717) is 23.0 Å². The molecule has 0 aliphatic carbocycles. The Bertz CT molecular complexity index is 1080. The average Bonchev–Trinajstić information content (AvgIpc) is 3.24. The summed E-state index contributed by atoms with van der Waals surface area (Å²) in [6.45, 7) is 0.0888. The summed E-state index contributed by atoms with van der Waals surface area (Å²) in [7, 11) is 0. The van der Waals surface area contributed by atoms with Crippen molar-refractivity contribution >= 4 is 17.4 Å². The number of rotatable bonds is 7. The summed E-state index contributed by atoms with van der Waals surface area (Å²) in [5.41, 5.74) is 1.56. The first-order valence-electron chi connectivity index (χ1n) is 9.25. The van der Waals surface area contributed by atoms with Gasteiger partial charge in [-0.25, -0.2) is 4.68 Å². The van der Waals surface area contributed by atoms with Crippen LogP contribution in [0.1, 0.15) is 0 Å². The van der Waals surface area contributed by atoms with Gasteiger partial charge in [-0.15, -0.1) is 0 Å². The molecule has 0 saturated carbocycles. The third-order valence-corrected chi connectivity index (χ3v) is 4.17. The Morgan fingerprint density at radius 3 is 2.34 bits per heavy atom. The summed E-state index contributed by atoms with van der Waals surface area (Å²) in [6, 6.07) is 28.4. The lowest BCUT2D eigenvalue weighted by Gasteiger charge is -2.12. The van der Waals surface area contributed by atoms with Gasteiger partial charge in [0.2, 0.25) is 5.91 Å². The topological polar surface area (TPSA) is 68.2 Å². The molecule has 0 fully saturated rings. The van der Waals surface area contributed by atoms with Crippen LogP contribution in [0.5, 0.6) is 11.5 Å². The van der Waals surface area contributed by atoms with Crippen LogP contribution in [0.3, 0.4) is 0 Å². The molecule has 0 atom stereocenters. The number of nitrogens with zero attached hydrogens (tertiary/aromatic N) is 2. The molecular formula is C23H20N4O2. The van der Waals surface area contributed by atoms with Crippen LogP contribution in [0, 0.1) is 0 Å². The van der Waals surface area contributed by atoms with Crippen LogP contribution < -0.4 is 15.4 Å². The smallest absolute Gasteiger partial charge is 0.243 e. The predicted octanol–water partition coefficient (Wildman–Crippen LogP) is 4.72. The van der Waals surface area contributed by atoms with Gasteiger partial charge in [-0.1, -0.05) is 48.5 Å². The molecule has 6 nitrogen and oxygen atoms in total. The maximum absolute atomic E-state index is 12.4. The Labute approximate surface area is 168 Å². The number of aromatic nitrogens is 2. The Kier molecular flexibility index (Phi) is 5.53. The molecule has 1 aromatic heterocycles. The fraction of sp³-hybridized carbons (Fsp3) is 0.0435. The van der Waals surface area contributed by atoms with E-state index in [-0.39, 0.29) is 12.5 Å². The molecule has 1 heterocycles. The van der Waals surface area contributed by atoms with Gasteiger partial charge in [-0.05, 0) is 36.4 Å². The Morgan fingerprint density at radius 1 is 0.862 bits per heavy atom. The summed E-state index contributed by atoms with van der Waals surface area (Å²) in [5.74, 6) is 1.72. The van der Waals surface area contributed by atoms with Crippen LogP contribution >= 0.6 is 0 Å². The van der Waals surface area contributed by atoms with E-state index in [1.54, 1.807) is 10.7 Å². The van der Waals surface area contributed by atoms with E-state index in [9.17, 15) is 4.79 Å². The van der Waals surface area contributed by atoms with Crippen molar-refractivity contribution in [2.45, 2.75) is 0 Å². The van der Waals surface area contributed by atoms with Crippen molar-refractivity contribution in [3.63, 3.8) is 0 Å². The standard InChI is InChI=1S/C23H20N4O2/c28-23(17-24-22-15-16-27(26-22)18-9-3-1-4-10-18)25-20-13-7-8-14-21(20)29-19-11-5-2-6-12-19/h1-16H,17H2,(H,24,26)(H,25,28). The van der Waals surface area contributed by atoms with Crippen molar-refractivity contribution in [1.29, 1.82) is 0 Å². The molecule has 0 unspecified atom stereocenters.